The minimum Gasteiger partial charge on any atom is -0.426 e. The Morgan fingerprint density at radius 1 is 0.759 bits per heavy atom. The van der Waals surface area contributed by atoms with Crippen LogP contribution in [-0.2, 0) is 29.4 Å². The summed E-state index contributed by atoms with van der Waals surface area (Å²) in [6.07, 6.45) is 7.30. The number of fused-ring (bicyclic) bond motifs is 1. The van der Waals surface area contributed by atoms with Gasteiger partial charge < -0.3 is 19.5 Å². The van der Waals surface area contributed by atoms with Gasteiger partial charge >= 0.3 is 11.9 Å². The van der Waals surface area contributed by atoms with Gasteiger partial charge in [-0.05, 0) is 119 Å². The first-order valence-corrected chi connectivity index (χ1v) is 20.0. The van der Waals surface area contributed by atoms with Crippen molar-refractivity contribution in [3.05, 3.63) is 54.1 Å². The fourth-order valence-corrected chi connectivity index (χ4v) is 8.97. The molecule has 1 heterocycles. The maximum atomic E-state index is 13.6. The summed E-state index contributed by atoms with van der Waals surface area (Å²) < 4.78 is 11.4. The van der Waals surface area contributed by atoms with Crippen molar-refractivity contribution in [1.29, 1.82) is 0 Å². The number of likely N-dealkylation sites (tertiary alicyclic amines) is 1. The summed E-state index contributed by atoms with van der Waals surface area (Å²) in [6.45, 7) is 12.4. The molecule has 294 valence electrons. The van der Waals surface area contributed by atoms with E-state index in [1.165, 1.54) is 10.5 Å². The van der Waals surface area contributed by atoms with Crippen LogP contribution in [0.4, 0.5) is 5.69 Å². The van der Waals surface area contributed by atoms with Crippen LogP contribution in [0.5, 0.6) is 11.5 Å². The maximum absolute atomic E-state index is 13.6. The van der Waals surface area contributed by atoms with Gasteiger partial charge in [0.1, 0.15) is 11.5 Å². The Kier molecular flexibility index (Phi) is 13.1. The average Bonchev–Trinajstić information content (AvgIpc) is 3.42. The van der Waals surface area contributed by atoms with Crippen LogP contribution < -0.4 is 14.4 Å². The summed E-state index contributed by atoms with van der Waals surface area (Å²) in [5.74, 6) is -3.30. The molecular formula is C44H60N2O8. The van der Waals surface area contributed by atoms with Crippen molar-refractivity contribution in [3.8, 4) is 11.5 Å². The van der Waals surface area contributed by atoms with Crippen LogP contribution in [0.3, 0.4) is 0 Å². The molecule has 0 spiro atoms. The number of anilines is 1. The van der Waals surface area contributed by atoms with E-state index in [2.05, 4.69) is 39.8 Å². The largest absolute Gasteiger partial charge is 0.426 e. The van der Waals surface area contributed by atoms with Crippen molar-refractivity contribution in [3.63, 3.8) is 0 Å². The number of hydrogen-bond donors (Lipinski definition) is 1. The van der Waals surface area contributed by atoms with Gasteiger partial charge in [-0.1, -0.05) is 59.1 Å². The minimum atomic E-state index is -0.558. The first-order valence-electron chi connectivity index (χ1n) is 20.0. The van der Waals surface area contributed by atoms with E-state index in [1.54, 1.807) is 36.2 Å². The average molecular weight is 745 g/mol. The molecule has 3 aliphatic rings. The molecule has 3 fully saturated rings. The molecule has 6 unspecified atom stereocenters. The molecule has 2 saturated carbocycles. The van der Waals surface area contributed by atoms with E-state index in [9.17, 15) is 29.1 Å². The summed E-state index contributed by atoms with van der Waals surface area (Å²) in [5.41, 5.74) is 1.52. The first-order chi connectivity index (χ1) is 25.6. The smallest absolute Gasteiger partial charge is 0.314 e. The predicted octanol–water partition coefficient (Wildman–Crippen LogP) is 7.63. The topological polar surface area (TPSA) is 131 Å². The zero-order chi connectivity index (χ0) is 39.4. The van der Waals surface area contributed by atoms with Crippen LogP contribution in [0.2, 0.25) is 0 Å². The van der Waals surface area contributed by atoms with Gasteiger partial charge in [0.2, 0.25) is 17.7 Å². The number of carbonyl (C=O) groups is 5. The molecule has 2 aromatic carbocycles. The molecule has 54 heavy (non-hydrogen) atoms. The number of aliphatic hydroxyl groups is 1. The van der Waals surface area contributed by atoms with Crippen molar-refractivity contribution in [2.24, 2.45) is 35.5 Å². The highest BCUT2D eigenvalue weighted by Crippen LogP contribution is 2.44. The van der Waals surface area contributed by atoms with Crippen LogP contribution >= 0.6 is 0 Å². The lowest BCUT2D eigenvalue weighted by Crippen LogP contribution is -2.48. The molecule has 2 aromatic rings. The Morgan fingerprint density at radius 3 is 1.87 bits per heavy atom. The summed E-state index contributed by atoms with van der Waals surface area (Å²) in [5, 5.41) is 10.3. The van der Waals surface area contributed by atoms with Gasteiger partial charge in [-0.2, -0.15) is 0 Å². The molecule has 0 radical (unpaired) electrons. The zero-order valence-electron chi connectivity index (χ0n) is 33.3. The summed E-state index contributed by atoms with van der Waals surface area (Å²) >= 11 is 0. The van der Waals surface area contributed by atoms with Crippen molar-refractivity contribution in [2.75, 3.05) is 18.6 Å². The van der Waals surface area contributed by atoms with Gasteiger partial charge in [-0.15, -0.1) is 0 Å². The van der Waals surface area contributed by atoms with Crippen molar-refractivity contribution >= 4 is 35.3 Å². The molecule has 0 bridgehead atoms. The number of esters is 2. The third-order valence-electron chi connectivity index (χ3n) is 12.4. The second kappa shape index (κ2) is 17.2. The van der Waals surface area contributed by atoms with Crippen LogP contribution in [0.15, 0.2) is 48.5 Å². The number of rotatable bonds is 14. The second-order valence-electron chi connectivity index (χ2n) is 17.1. The van der Waals surface area contributed by atoms with Gasteiger partial charge in [-0.25, -0.2) is 0 Å². The van der Waals surface area contributed by atoms with Gasteiger partial charge in [-0.3, -0.25) is 28.9 Å². The Morgan fingerprint density at radius 2 is 1.31 bits per heavy atom. The highest BCUT2D eigenvalue weighted by atomic mass is 16.5. The molecule has 0 aromatic heterocycles. The van der Waals surface area contributed by atoms with Crippen molar-refractivity contribution in [1.82, 2.24) is 4.90 Å². The van der Waals surface area contributed by atoms with E-state index < -0.39 is 41.1 Å². The monoisotopic (exact) mass is 744 g/mol. The zero-order valence-corrected chi connectivity index (χ0v) is 33.3. The molecule has 1 saturated heterocycles. The molecule has 2 aliphatic carbocycles. The molecule has 3 amide bonds. The molecular weight excluding hydrogens is 684 g/mol. The number of carbonyl (C=O) groups excluding carboxylic acids is 5. The second-order valence-corrected chi connectivity index (χ2v) is 17.1. The quantitative estimate of drug-likeness (QED) is 0.119. The number of imide groups is 1. The number of hydrogen-bond acceptors (Lipinski definition) is 8. The molecule has 10 heteroatoms. The summed E-state index contributed by atoms with van der Waals surface area (Å²) in [7, 11) is 1.76. The lowest BCUT2D eigenvalue weighted by Gasteiger charge is -2.35. The Bertz CT molecular complexity index is 1670. The normalized spacial score (nSPS) is 24.6. The minimum absolute atomic E-state index is 0.0521. The molecule has 1 aliphatic heterocycles. The third kappa shape index (κ3) is 8.90. The van der Waals surface area contributed by atoms with E-state index in [-0.39, 0.29) is 48.0 Å². The van der Waals surface area contributed by atoms with E-state index in [0.717, 1.165) is 37.8 Å². The number of benzene rings is 2. The van der Waals surface area contributed by atoms with E-state index >= 15 is 0 Å². The highest BCUT2D eigenvalue weighted by molar-refractivity contribution is 6.06. The first kappa shape index (κ1) is 41.1. The maximum Gasteiger partial charge on any atom is 0.314 e. The van der Waals surface area contributed by atoms with E-state index in [0.29, 0.717) is 43.6 Å². The molecule has 5 rings (SSSR count). The number of amides is 3. The van der Waals surface area contributed by atoms with Crippen LogP contribution in [0.25, 0.3) is 0 Å². The lowest BCUT2D eigenvalue weighted by atomic mass is 9.73. The Labute approximate surface area is 320 Å². The van der Waals surface area contributed by atoms with Gasteiger partial charge in [0.15, 0.2) is 0 Å². The van der Waals surface area contributed by atoms with E-state index in [1.807, 2.05) is 26.0 Å². The number of aliphatic hydroxyl groups excluding tert-OH is 1. The van der Waals surface area contributed by atoms with Gasteiger partial charge in [0, 0.05) is 30.8 Å². The highest BCUT2D eigenvalue weighted by Gasteiger charge is 2.54. The molecule has 6 atom stereocenters. The summed E-state index contributed by atoms with van der Waals surface area (Å²) in [6, 6.07) is 14.4. The van der Waals surface area contributed by atoms with Crippen LogP contribution in [0, 0.1) is 35.5 Å². The summed E-state index contributed by atoms with van der Waals surface area (Å²) in [4.78, 5) is 69.8. The fraction of sp³-hybridized carbons (Fsp3) is 0.614. The molecule has 1 N–H and O–H groups in total. The lowest BCUT2D eigenvalue weighted by molar-refractivity contribution is -0.146. The SMILES string of the molecule is CCCCC(C)(C)N1C(=O)C2CCC(C(=O)Oc3ccc(OC(=O)C4CCC(C(=O)N(C)c5ccc(C(C)(C)CCC)cc5)C(CO)C4)cc3)CC2C1=O. The van der Waals surface area contributed by atoms with Gasteiger partial charge in [0.25, 0.3) is 0 Å². The van der Waals surface area contributed by atoms with Crippen molar-refractivity contribution < 1.29 is 38.6 Å². The Balaban J connectivity index is 1.12. The van der Waals surface area contributed by atoms with Gasteiger partial charge in [0.05, 0.1) is 23.7 Å². The number of ether oxygens (including phenoxy) is 2. The third-order valence-corrected chi connectivity index (χ3v) is 12.4. The van der Waals surface area contributed by atoms with Crippen LogP contribution in [0.1, 0.15) is 118 Å². The van der Waals surface area contributed by atoms with Crippen molar-refractivity contribution in [2.45, 2.75) is 123 Å². The fourth-order valence-electron chi connectivity index (χ4n) is 8.97. The van der Waals surface area contributed by atoms with Crippen LogP contribution in [-0.4, -0.2) is 58.9 Å². The standard InChI is InChI=1S/C44H60N2O8/c1-8-10-24-44(5,6)46-39(49)36-22-12-29(26-37(36)40(46)50)42(52)54-34-19-17-33(18-20-34)53-41(51)28-11-21-35(30(25-28)27-47)38(48)45(7)32-15-13-31(14-16-32)43(3,4)23-9-2/h13-20,28-30,35-37,47H,8-12,21-27H2,1-7H3. The Hall–Kier alpha value is -4.05. The number of nitrogens with zero attached hydrogens (tertiary/aromatic N) is 2. The number of unbranched alkanes of at least 4 members (excludes halogenated alkanes) is 1. The van der Waals surface area contributed by atoms with E-state index in [4.69, 9.17) is 9.47 Å². The molecule has 10 nitrogen and oxygen atoms in total. The predicted molar refractivity (Wildman–Crippen MR) is 207 cm³/mol.